The van der Waals surface area contributed by atoms with E-state index in [9.17, 15) is 0 Å². The Hall–Kier alpha value is 1.03. The van der Waals surface area contributed by atoms with Gasteiger partial charge in [-0.25, -0.2) is 0 Å². The van der Waals surface area contributed by atoms with Crippen LogP contribution >= 0.6 is 0 Å². The van der Waals surface area contributed by atoms with Crippen molar-refractivity contribution in [1.82, 2.24) is 0 Å². The zero-order valence-corrected chi connectivity index (χ0v) is 9.08. The maximum Gasteiger partial charge on any atom is 2.00 e. The fourth-order valence-corrected chi connectivity index (χ4v) is 0. The van der Waals surface area contributed by atoms with Crippen LogP contribution in [0.15, 0.2) is 0 Å². The molecule has 0 aromatic heterocycles. The summed E-state index contributed by atoms with van der Waals surface area (Å²) in [6.45, 7) is 0. The van der Waals surface area contributed by atoms with Crippen molar-refractivity contribution in [3.05, 3.63) is 0 Å². The van der Waals surface area contributed by atoms with Gasteiger partial charge in [-0.05, 0) is 0 Å². The van der Waals surface area contributed by atoms with Crippen LogP contribution in [0.4, 0.5) is 0 Å². The van der Waals surface area contributed by atoms with E-state index in [1.54, 1.807) is 0 Å². The summed E-state index contributed by atoms with van der Waals surface area (Å²) in [6.07, 6.45) is 0. The first kappa shape index (κ1) is 23.1. The predicted octanol–water partition coefficient (Wildman–Crippen LogP) is -3.06. The van der Waals surface area contributed by atoms with Gasteiger partial charge in [0, 0.05) is 20.8 Å². The average Bonchev–Trinajstić information content (AvgIpc) is 1.12. The first-order valence-electron chi connectivity index (χ1n) is 1.33. The maximum atomic E-state index is 8.52. The van der Waals surface area contributed by atoms with E-state index in [0.717, 1.165) is 0 Å². The third kappa shape index (κ3) is 1050. The summed E-state index contributed by atoms with van der Waals surface area (Å²) in [5.74, 6) is 0. The van der Waals surface area contributed by atoms with Gasteiger partial charge in [-0.3, -0.25) is 16.8 Å². The predicted molar refractivity (Wildman–Crippen MR) is 26.7 cm³/mol. The van der Waals surface area contributed by atoms with E-state index in [1.165, 1.54) is 0 Å². The van der Waals surface area contributed by atoms with Gasteiger partial charge < -0.3 is 18.2 Å². The van der Waals surface area contributed by atoms with Gasteiger partial charge in [0.1, 0.15) is 0 Å². The Kier molecular flexibility index (Phi) is 16.6. The van der Waals surface area contributed by atoms with Gasteiger partial charge >= 0.3 is 40.1 Å². The molecule has 0 heterocycles. The van der Waals surface area contributed by atoms with Gasteiger partial charge in [0.05, 0.1) is 0 Å². The molecule has 0 N–H and O–H groups in total. The Bertz CT molecular complexity index is 213. The molecule has 0 spiro atoms. The van der Waals surface area contributed by atoms with Crippen molar-refractivity contribution < 1.29 is 52.1 Å². The van der Waals surface area contributed by atoms with Gasteiger partial charge in [-0.2, -0.15) is 0 Å². The SMILES string of the molecule is O=S(=O)([O-])[O-].O=S(=O)([O-])[O-].[Cu+2].[Mg+2]. The summed E-state index contributed by atoms with van der Waals surface area (Å²) >= 11 is 0. The molecule has 0 saturated heterocycles. The summed E-state index contributed by atoms with van der Waals surface area (Å²) in [4.78, 5) is 0. The molecule has 0 aromatic rings. The van der Waals surface area contributed by atoms with Crippen LogP contribution in [0.25, 0.3) is 0 Å². The molecular weight excluding hydrogens is 280 g/mol. The molecule has 0 aliphatic heterocycles. The van der Waals surface area contributed by atoms with Crippen LogP contribution in [0.2, 0.25) is 0 Å². The van der Waals surface area contributed by atoms with Crippen LogP contribution in [0.5, 0.6) is 0 Å². The van der Waals surface area contributed by atoms with Crippen LogP contribution in [0.1, 0.15) is 0 Å². The molecule has 0 rings (SSSR count). The number of hydrogen-bond acceptors (Lipinski definition) is 8. The third-order valence-electron chi connectivity index (χ3n) is 0. The van der Waals surface area contributed by atoms with Crippen molar-refractivity contribution in [2.75, 3.05) is 0 Å². The monoisotopic (exact) mass is 279 g/mol. The van der Waals surface area contributed by atoms with E-state index in [2.05, 4.69) is 0 Å². The second kappa shape index (κ2) is 8.62. The first-order valence-corrected chi connectivity index (χ1v) is 4.00. The summed E-state index contributed by atoms with van der Waals surface area (Å²) in [7, 11) is -10.3. The van der Waals surface area contributed by atoms with Crippen LogP contribution < -0.4 is 0 Å². The quantitative estimate of drug-likeness (QED) is 0.256. The molecule has 0 amide bonds. The largest absolute Gasteiger partial charge is 2.00 e. The summed E-state index contributed by atoms with van der Waals surface area (Å²) < 4.78 is 68.2. The molecular formula is CuMgO8S2. The number of hydrogen-bond donors (Lipinski definition) is 0. The fraction of sp³-hybridized carbons (Fsp3) is 0. The van der Waals surface area contributed by atoms with Crippen LogP contribution in [-0.4, -0.2) is 58.1 Å². The molecule has 0 unspecified atom stereocenters. The van der Waals surface area contributed by atoms with E-state index in [1.807, 2.05) is 0 Å². The Morgan fingerprint density at radius 3 is 0.667 bits per heavy atom. The van der Waals surface area contributed by atoms with Crippen molar-refractivity contribution in [3.8, 4) is 0 Å². The normalized spacial score (nSPS) is 9.67. The molecule has 1 radical (unpaired) electrons. The second-order valence-corrected chi connectivity index (χ2v) is 2.45. The second-order valence-electron chi connectivity index (χ2n) is 0.816. The number of rotatable bonds is 0. The van der Waals surface area contributed by atoms with Gasteiger partial charge in [0.25, 0.3) is 0 Å². The molecule has 0 atom stereocenters. The summed E-state index contributed by atoms with van der Waals surface area (Å²) in [6, 6.07) is 0. The third-order valence-corrected chi connectivity index (χ3v) is 0. The van der Waals surface area contributed by atoms with Crippen LogP contribution in [-0.2, 0) is 37.9 Å². The Labute approximate surface area is 95.5 Å². The topological polar surface area (TPSA) is 161 Å². The van der Waals surface area contributed by atoms with E-state index >= 15 is 0 Å². The van der Waals surface area contributed by atoms with E-state index in [-0.39, 0.29) is 40.1 Å². The molecule has 0 aliphatic carbocycles. The van der Waals surface area contributed by atoms with Gasteiger partial charge in [0.15, 0.2) is 0 Å². The van der Waals surface area contributed by atoms with Crippen LogP contribution in [0.3, 0.4) is 0 Å². The molecule has 12 heteroatoms. The zero-order valence-electron chi connectivity index (χ0n) is 5.09. The minimum absolute atomic E-state index is 0. The minimum atomic E-state index is -5.17. The summed E-state index contributed by atoms with van der Waals surface area (Å²) in [5, 5.41) is 0. The maximum absolute atomic E-state index is 8.52. The van der Waals surface area contributed by atoms with Gasteiger partial charge in [-0.15, -0.1) is 0 Å². The molecule has 8 nitrogen and oxygen atoms in total. The van der Waals surface area contributed by atoms with Gasteiger partial charge in [0.2, 0.25) is 0 Å². The minimum Gasteiger partial charge on any atom is -0.759 e. The first-order chi connectivity index (χ1) is 4.00. The average molecular weight is 280 g/mol. The van der Waals surface area contributed by atoms with Crippen molar-refractivity contribution in [3.63, 3.8) is 0 Å². The van der Waals surface area contributed by atoms with Crippen molar-refractivity contribution in [1.29, 1.82) is 0 Å². The zero-order chi connectivity index (χ0) is 9.00. The standard InChI is InChI=1S/Cu.Mg.2H2O4S/c;;2*1-5(2,3)4/h;;2*(H2,1,2,3,4)/q2*+2;;/p-4. The van der Waals surface area contributed by atoms with Crippen LogP contribution in [0, 0.1) is 0 Å². The van der Waals surface area contributed by atoms with Crippen molar-refractivity contribution in [2.24, 2.45) is 0 Å². The smallest absolute Gasteiger partial charge is 0.759 e. The van der Waals surface area contributed by atoms with Gasteiger partial charge in [-0.1, -0.05) is 0 Å². The Balaban J connectivity index is -0.0000000457. The molecule has 0 aliphatic rings. The molecule has 0 fully saturated rings. The fourth-order valence-electron chi connectivity index (χ4n) is 0. The molecule has 0 aromatic carbocycles. The Morgan fingerprint density at radius 1 is 0.667 bits per heavy atom. The van der Waals surface area contributed by atoms with E-state index < -0.39 is 20.8 Å². The van der Waals surface area contributed by atoms with E-state index in [4.69, 9.17) is 35.0 Å². The molecule has 73 valence electrons. The molecule has 0 bridgehead atoms. The van der Waals surface area contributed by atoms with Crippen molar-refractivity contribution >= 4 is 43.9 Å². The molecule has 0 saturated carbocycles. The molecule has 12 heavy (non-hydrogen) atoms. The summed E-state index contributed by atoms with van der Waals surface area (Å²) in [5.41, 5.74) is 0. The van der Waals surface area contributed by atoms with E-state index in [0.29, 0.717) is 0 Å². The Morgan fingerprint density at radius 2 is 0.667 bits per heavy atom. The van der Waals surface area contributed by atoms with Crippen molar-refractivity contribution in [2.45, 2.75) is 0 Å².